The van der Waals surface area contributed by atoms with Crippen molar-refractivity contribution >= 4 is 6.08 Å². The highest BCUT2D eigenvalue weighted by molar-refractivity contribution is 5.47. The molecule has 0 aliphatic rings. The summed E-state index contributed by atoms with van der Waals surface area (Å²) >= 11 is 0. The van der Waals surface area contributed by atoms with E-state index in [4.69, 9.17) is 9.47 Å². The number of nitrogens with zero attached hydrogens (tertiary/aromatic N) is 1. The summed E-state index contributed by atoms with van der Waals surface area (Å²) in [5.41, 5.74) is 0.809. The molecule has 0 heterocycles. The molecule has 1 aromatic carbocycles. The van der Waals surface area contributed by atoms with Gasteiger partial charge >= 0.3 is 0 Å². The summed E-state index contributed by atoms with van der Waals surface area (Å²) in [6.07, 6.45) is 1.57. The molecule has 0 radical (unpaired) electrons. The molecule has 0 bridgehead atoms. The van der Waals surface area contributed by atoms with Gasteiger partial charge in [-0.15, -0.1) is 0 Å². The molecule has 0 amide bonds. The second-order valence-corrected chi connectivity index (χ2v) is 3.52. The largest absolute Gasteiger partial charge is 0.493 e. The molecule has 0 aliphatic carbocycles. The maximum Gasteiger partial charge on any atom is 0.235 e. The van der Waals surface area contributed by atoms with Gasteiger partial charge < -0.3 is 9.47 Å². The van der Waals surface area contributed by atoms with Crippen LogP contribution in [0.3, 0.4) is 0 Å². The SMILES string of the molecule is COc1c(CN=C=O)cccc1OC(C)C. The summed E-state index contributed by atoms with van der Waals surface area (Å²) in [4.78, 5) is 13.6. The number of rotatable bonds is 5. The van der Waals surface area contributed by atoms with Crippen LogP contribution in [-0.4, -0.2) is 19.3 Å². The van der Waals surface area contributed by atoms with Crippen molar-refractivity contribution in [2.75, 3.05) is 7.11 Å². The zero-order valence-electron chi connectivity index (χ0n) is 9.69. The molecule has 4 nitrogen and oxygen atoms in total. The van der Waals surface area contributed by atoms with Gasteiger partial charge in [-0.3, -0.25) is 0 Å². The summed E-state index contributed by atoms with van der Waals surface area (Å²) in [5, 5.41) is 0. The molecule has 0 fully saturated rings. The van der Waals surface area contributed by atoms with Crippen molar-refractivity contribution in [2.24, 2.45) is 4.99 Å². The Kier molecular flexibility index (Phi) is 4.55. The van der Waals surface area contributed by atoms with Crippen molar-refractivity contribution in [1.82, 2.24) is 0 Å². The molecule has 0 aromatic heterocycles. The Labute approximate surface area is 94.9 Å². The van der Waals surface area contributed by atoms with Crippen molar-refractivity contribution < 1.29 is 14.3 Å². The summed E-state index contributed by atoms with van der Waals surface area (Å²) in [7, 11) is 1.57. The van der Waals surface area contributed by atoms with Gasteiger partial charge in [-0.05, 0) is 19.9 Å². The third kappa shape index (κ3) is 3.11. The third-order valence-electron chi connectivity index (χ3n) is 1.94. The van der Waals surface area contributed by atoms with E-state index >= 15 is 0 Å². The first-order valence-corrected chi connectivity index (χ1v) is 5.05. The zero-order valence-corrected chi connectivity index (χ0v) is 9.69. The topological polar surface area (TPSA) is 47.9 Å². The fraction of sp³-hybridized carbons (Fsp3) is 0.417. The van der Waals surface area contributed by atoms with Crippen molar-refractivity contribution in [3.63, 3.8) is 0 Å². The highest BCUT2D eigenvalue weighted by Gasteiger charge is 2.10. The first-order chi connectivity index (χ1) is 7.69. The van der Waals surface area contributed by atoms with E-state index in [1.165, 1.54) is 6.08 Å². The van der Waals surface area contributed by atoms with Crippen LogP contribution in [0.25, 0.3) is 0 Å². The second kappa shape index (κ2) is 5.93. The molecule has 16 heavy (non-hydrogen) atoms. The maximum absolute atomic E-state index is 10.1. The number of carbonyl (C=O) groups excluding carboxylic acids is 1. The minimum absolute atomic E-state index is 0.0683. The first kappa shape index (κ1) is 12.3. The molecule has 0 saturated carbocycles. The Morgan fingerprint density at radius 2 is 2.19 bits per heavy atom. The molecule has 0 unspecified atom stereocenters. The van der Waals surface area contributed by atoms with Crippen LogP contribution < -0.4 is 9.47 Å². The molecule has 0 atom stereocenters. The van der Waals surface area contributed by atoms with E-state index in [1.54, 1.807) is 7.11 Å². The maximum atomic E-state index is 10.1. The lowest BCUT2D eigenvalue weighted by Gasteiger charge is -2.15. The Hall–Kier alpha value is -1.80. The molecule has 0 N–H and O–H groups in total. The molecule has 0 aliphatic heterocycles. The van der Waals surface area contributed by atoms with Crippen LogP contribution >= 0.6 is 0 Å². The van der Waals surface area contributed by atoms with E-state index in [-0.39, 0.29) is 12.6 Å². The lowest BCUT2D eigenvalue weighted by molar-refractivity contribution is 0.229. The van der Waals surface area contributed by atoms with Crippen molar-refractivity contribution in [2.45, 2.75) is 26.5 Å². The Morgan fingerprint density at radius 1 is 1.44 bits per heavy atom. The Morgan fingerprint density at radius 3 is 2.75 bits per heavy atom. The van der Waals surface area contributed by atoms with Gasteiger partial charge in [-0.2, -0.15) is 0 Å². The molecule has 1 aromatic rings. The third-order valence-corrected chi connectivity index (χ3v) is 1.94. The molecule has 0 spiro atoms. The molecule has 0 saturated heterocycles. The number of benzene rings is 1. The number of aliphatic imine (C=N–C) groups is 1. The van der Waals surface area contributed by atoms with Crippen LogP contribution in [0.1, 0.15) is 19.4 Å². The van der Waals surface area contributed by atoms with Crippen LogP contribution in [0.4, 0.5) is 0 Å². The predicted molar refractivity (Wildman–Crippen MR) is 60.6 cm³/mol. The van der Waals surface area contributed by atoms with Crippen molar-refractivity contribution in [3.05, 3.63) is 23.8 Å². The van der Waals surface area contributed by atoms with Gasteiger partial charge in [0.25, 0.3) is 0 Å². The van der Waals surface area contributed by atoms with Gasteiger partial charge in [0.1, 0.15) is 0 Å². The monoisotopic (exact) mass is 221 g/mol. The minimum Gasteiger partial charge on any atom is -0.493 e. The average Bonchev–Trinajstić information content (AvgIpc) is 2.25. The summed E-state index contributed by atoms with van der Waals surface area (Å²) in [6, 6.07) is 5.51. The second-order valence-electron chi connectivity index (χ2n) is 3.52. The molecule has 86 valence electrons. The fourth-order valence-electron chi connectivity index (χ4n) is 1.38. The molecular weight excluding hydrogens is 206 g/mol. The van der Waals surface area contributed by atoms with Crippen molar-refractivity contribution in [3.8, 4) is 11.5 Å². The fourth-order valence-corrected chi connectivity index (χ4v) is 1.38. The molecule has 1 rings (SSSR count). The summed E-state index contributed by atoms with van der Waals surface area (Å²) in [6.45, 7) is 4.13. The van der Waals surface area contributed by atoms with E-state index in [2.05, 4.69) is 4.99 Å². The van der Waals surface area contributed by atoms with E-state index in [0.29, 0.717) is 11.5 Å². The lowest BCUT2D eigenvalue weighted by atomic mass is 10.2. The van der Waals surface area contributed by atoms with Crippen LogP contribution in [0.15, 0.2) is 23.2 Å². The van der Waals surface area contributed by atoms with Gasteiger partial charge in [-0.1, -0.05) is 12.1 Å². The lowest BCUT2D eigenvalue weighted by Crippen LogP contribution is -2.07. The molecule has 4 heteroatoms. The number of methoxy groups -OCH3 is 1. The Bertz CT molecular complexity index is 395. The van der Waals surface area contributed by atoms with Crippen LogP contribution in [0.2, 0.25) is 0 Å². The van der Waals surface area contributed by atoms with Gasteiger partial charge in [0.15, 0.2) is 11.5 Å². The number of ether oxygens (including phenoxy) is 2. The first-order valence-electron chi connectivity index (χ1n) is 5.05. The van der Waals surface area contributed by atoms with Crippen LogP contribution in [-0.2, 0) is 11.3 Å². The normalized spacial score (nSPS) is 9.75. The van der Waals surface area contributed by atoms with Gasteiger partial charge in [-0.25, -0.2) is 9.79 Å². The smallest absolute Gasteiger partial charge is 0.235 e. The average molecular weight is 221 g/mol. The summed E-state index contributed by atoms with van der Waals surface area (Å²) in [5.74, 6) is 1.28. The van der Waals surface area contributed by atoms with Gasteiger partial charge in [0.2, 0.25) is 6.08 Å². The highest BCUT2D eigenvalue weighted by atomic mass is 16.5. The van der Waals surface area contributed by atoms with Crippen LogP contribution in [0.5, 0.6) is 11.5 Å². The number of hydrogen-bond acceptors (Lipinski definition) is 4. The van der Waals surface area contributed by atoms with Crippen molar-refractivity contribution in [1.29, 1.82) is 0 Å². The minimum atomic E-state index is 0.0683. The Balaban J connectivity index is 3.04. The summed E-state index contributed by atoms with van der Waals surface area (Å²) < 4.78 is 10.9. The number of hydrogen-bond donors (Lipinski definition) is 0. The number of isocyanates is 1. The highest BCUT2D eigenvalue weighted by Crippen LogP contribution is 2.32. The standard InChI is InChI=1S/C12H15NO3/c1-9(2)16-11-6-4-5-10(7-13-8-14)12(11)15-3/h4-6,9H,7H2,1-3H3. The van der Waals surface area contributed by atoms with E-state index in [1.807, 2.05) is 32.0 Å². The van der Waals surface area contributed by atoms with Gasteiger partial charge in [0.05, 0.1) is 19.8 Å². The van der Waals surface area contributed by atoms with E-state index in [9.17, 15) is 4.79 Å². The van der Waals surface area contributed by atoms with E-state index < -0.39 is 0 Å². The number of para-hydroxylation sites is 1. The molecular formula is C12H15NO3. The predicted octanol–water partition coefficient (Wildman–Crippen LogP) is 2.32. The van der Waals surface area contributed by atoms with E-state index in [0.717, 1.165) is 5.56 Å². The zero-order chi connectivity index (χ0) is 12.0. The van der Waals surface area contributed by atoms with Gasteiger partial charge in [0, 0.05) is 5.56 Å². The van der Waals surface area contributed by atoms with Crippen LogP contribution in [0, 0.1) is 0 Å². The quantitative estimate of drug-likeness (QED) is 0.566.